The van der Waals surface area contributed by atoms with E-state index in [0.717, 1.165) is 48.1 Å². The van der Waals surface area contributed by atoms with Crippen LogP contribution in [0.3, 0.4) is 0 Å². The van der Waals surface area contributed by atoms with Crippen molar-refractivity contribution in [2.45, 2.75) is 63.5 Å². The summed E-state index contributed by atoms with van der Waals surface area (Å²) in [5.41, 5.74) is 3.73. The van der Waals surface area contributed by atoms with E-state index in [1.807, 2.05) is 17.9 Å². The summed E-state index contributed by atoms with van der Waals surface area (Å²) in [6, 6.07) is 4.34. The Bertz CT molecular complexity index is 737. The van der Waals surface area contributed by atoms with Gasteiger partial charge < -0.3 is 14.4 Å². The van der Waals surface area contributed by atoms with E-state index in [0.29, 0.717) is 6.61 Å². The number of fused-ring (bicyclic) bond motifs is 2. The first-order chi connectivity index (χ1) is 12.0. The van der Waals surface area contributed by atoms with Crippen LogP contribution in [0.15, 0.2) is 12.1 Å². The Morgan fingerprint density at radius 2 is 2.16 bits per heavy atom. The highest BCUT2D eigenvalue weighted by molar-refractivity contribution is 6.11. The average Bonchev–Trinajstić information content (AvgIpc) is 3.31. The van der Waals surface area contributed by atoms with Crippen LogP contribution in [0.1, 0.15) is 49.3 Å². The van der Waals surface area contributed by atoms with Gasteiger partial charge in [-0.05, 0) is 62.3 Å². The Morgan fingerprint density at radius 1 is 1.40 bits per heavy atom. The summed E-state index contributed by atoms with van der Waals surface area (Å²) in [6.45, 7) is 4.78. The number of ether oxygens (including phenoxy) is 2. The van der Waals surface area contributed by atoms with E-state index in [-0.39, 0.29) is 30.4 Å². The molecule has 0 N–H and O–H groups in total. The maximum atomic E-state index is 13.3. The van der Waals surface area contributed by atoms with Gasteiger partial charge in [0.25, 0.3) is 0 Å². The van der Waals surface area contributed by atoms with E-state index >= 15 is 0 Å². The number of hydrogen-bond acceptors (Lipinski definition) is 4. The lowest BCUT2D eigenvalue weighted by Crippen LogP contribution is -2.45. The summed E-state index contributed by atoms with van der Waals surface area (Å²) in [7, 11) is 1.41. The van der Waals surface area contributed by atoms with E-state index in [1.54, 1.807) is 0 Å². The maximum Gasteiger partial charge on any atom is 0.309 e. The molecule has 1 aromatic rings. The summed E-state index contributed by atoms with van der Waals surface area (Å²) >= 11 is 0. The average molecular weight is 343 g/mol. The van der Waals surface area contributed by atoms with Crippen molar-refractivity contribution in [1.29, 1.82) is 0 Å². The molecular formula is C20H25NO4. The Kier molecular flexibility index (Phi) is 3.87. The largest absolute Gasteiger partial charge is 0.469 e. The molecule has 1 aromatic carbocycles. The van der Waals surface area contributed by atoms with Gasteiger partial charge in [0.2, 0.25) is 5.91 Å². The van der Waals surface area contributed by atoms with Crippen LogP contribution in [0.2, 0.25) is 0 Å². The van der Waals surface area contributed by atoms with Crippen LogP contribution in [0.25, 0.3) is 0 Å². The summed E-state index contributed by atoms with van der Waals surface area (Å²) in [5, 5.41) is 0. The van der Waals surface area contributed by atoms with Crippen molar-refractivity contribution < 1.29 is 19.1 Å². The second-order valence-electron chi connectivity index (χ2n) is 7.69. The second kappa shape index (κ2) is 5.84. The van der Waals surface area contributed by atoms with E-state index in [4.69, 9.17) is 9.47 Å². The van der Waals surface area contributed by atoms with E-state index < -0.39 is 5.41 Å². The molecule has 2 atom stereocenters. The molecule has 4 rings (SSSR count). The Morgan fingerprint density at radius 3 is 2.80 bits per heavy atom. The Labute approximate surface area is 148 Å². The quantitative estimate of drug-likeness (QED) is 0.792. The summed E-state index contributed by atoms with van der Waals surface area (Å²) < 4.78 is 10.5. The lowest BCUT2D eigenvalue weighted by Gasteiger charge is -2.35. The number of carbonyl (C=O) groups is 2. The third-order valence-corrected chi connectivity index (χ3v) is 5.84. The predicted octanol–water partition coefficient (Wildman–Crippen LogP) is 2.66. The minimum atomic E-state index is -0.395. The van der Waals surface area contributed by atoms with Gasteiger partial charge in [-0.2, -0.15) is 0 Å². The highest BCUT2D eigenvalue weighted by Crippen LogP contribution is 2.59. The van der Waals surface area contributed by atoms with Gasteiger partial charge in [0.05, 0.1) is 25.0 Å². The highest BCUT2D eigenvalue weighted by Gasteiger charge is 2.61. The lowest BCUT2D eigenvalue weighted by atomic mass is 9.90. The molecule has 2 heterocycles. The number of aryl methyl sites for hydroxylation is 1. The zero-order valence-electron chi connectivity index (χ0n) is 15.1. The monoisotopic (exact) mass is 343 g/mol. The summed E-state index contributed by atoms with van der Waals surface area (Å²) in [5.74, 6) is -0.0347. The van der Waals surface area contributed by atoms with E-state index in [2.05, 4.69) is 13.0 Å². The van der Waals surface area contributed by atoms with Crippen molar-refractivity contribution >= 4 is 17.6 Å². The molecule has 1 spiro atoms. The van der Waals surface area contributed by atoms with Crippen molar-refractivity contribution in [2.75, 3.05) is 18.6 Å². The first kappa shape index (κ1) is 16.6. The third kappa shape index (κ3) is 2.56. The fourth-order valence-electron chi connectivity index (χ4n) is 4.56. The highest BCUT2D eigenvalue weighted by atomic mass is 16.5. The molecule has 0 aromatic heterocycles. The topological polar surface area (TPSA) is 55.8 Å². The number of nitrogens with zero attached hydrogens (tertiary/aromatic N) is 1. The molecule has 0 radical (unpaired) electrons. The van der Waals surface area contributed by atoms with Gasteiger partial charge in [0.1, 0.15) is 0 Å². The van der Waals surface area contributed by atoms with Crippen molar-refractivity contribution in [3.8, 4) is 0 Å². The van der Waals surface area contributed by atoms with Crippen LogP contribution >= 0.6 is 0 Å². The second-order valence-corrected chi connectivity index (χ2v) is 7.69. The molecule has 1 amide bonds. The zero-order valence-corrected chi connectivity index (χ0v) is 15.1. The molecule has 134 valence electrons. The smallest absolute Gasteiger partial charge is 0.309 e. The van der Waals surface area contributed by atoms with Gasteiger partial charge in [-0.25, -0.2) is 0 Å². The third-order valence-electron chi connectivity index (χ3n) is 5.84. The number of methoxy groups -OCH3 is 1. The van der Waals surface area contributed by atoms with Gasteiger partial charge >= 0.3 is 5.97 Å². The minimum Gasteiger partial charge on any atom is -0.469 e. The lowest BCUT2D eigenvalue weighted by molar-refractivity contribution is -0.139. The van der Waals surface area contributed by atoms with E-state index in [9.17, 15) is 9.59 Å². The number of amides is 1. The molecule has 1 aliphatic carbocycles. The summed E-state index contributed by atoms with van der Waals surface area (Å²) in [6.07, 6.45) is 3.89. The molecule has 25 heavy (non-hydrogen) atoms. The molecule has 1 saturated carbocycles. The van der Waals surface area contributed by atoms with Crippen LogP contribution in [-0.4, -0.2) is 37.7 Å². The zero-order chi connectivity index (χ0) is 17.8. The Hall–Kier alpha value is -1.88. The molecule has 5 nitrogen and oxygen atoms in total. The molecule has 1 saturated heterocycles. The first-order valence-corrected chi connectivity index (χ1v) is 9.12. The first-order valence-electron chi connectivity index (χ1n) is 9.12. The van der Waals surface area contributed by atoms with Gasteiger partial charge in [0.15, 0.2) is 0 Å². The van der Waals surface area contributed by atoms with Crippen LogP contribution in [0.4, 0.5) is 5.69 Å². The minimum absolute atomic E-state index is 0.171. The molecule has 2 fully saturated rings. The number of anilines is 1. The van der Waals surface area contributed by atoms with Crippen molar-refractivity contribution in [1.82, 2.24) is 0 Å². The molecule has 2 aliphatic heterocycles. The molecule has 0 bridgehead atoms. The van der Waals surface area contributed by atoms with Gasteiger partial charge in [-0.1, -0.05) is 6.07 Å². The predicted molar refractivity (Wildman–Crippen MR) is 93.7 cm³/mol. The summed E-state index contributed by atoms with van der Waals surface area (Å²) in [4.78, 5) is 27.3. The van der Waals surface area contributed by atoms with Crippen LogP contribution in [0.5, 0.6) is 0 Å². The van der Waals surface area contributed by atoms with Crippen LogP contribution in [0, 0.1) is 6.92 Å². The van der Waals surface area contributed by atoms with E-state index in [1.165, 1.54) is 7.11 Å². The van der Waals surface area contributed by atoms with Crippen molar-refractivity contribution in [2.24, 2.45) is 0 Å². The number of hydrogen-bond donors (Lipinski definition) is 0. The standard InChI is InChI=1S/C20H25NO4/c1-12-8-14(11-17(22)24-3)18-16(9-12)21(19(23)20(18)5-6-20)15-4-7-25-13(2)10-15/h8-9,13,15H,4-7,10-11H2,1-3H3/t13-,15-/m1/s1. The SMILES string of the molecule is COC(=O)Cc1cc(C)cc2c1C1(CC1)C(=O)N2[C@@H]1CCO[C@H](C)C1. The molecular weight excluding hydrogens is 318 g/mol. The van der Waals surface area contributed by atoms with Crippen LogP contribution in [-0.2, 0) is 30.9 Å². The van der Waals surface area contributed by atoms with Gasteiger partial charge in [-0.15, -0.1) is 0 Å². The Balaban J connectivity index is 1.79. The number of benzene rings is 1. The fourth-order valence-corrected chi connectivity index (χ4v) is 4.56. The van der Waals surface area contributed by atoms with Crippen molar-refractivity contribution in [3.05, 3.63) is 28.8 Å². The van der Waals surface area contributed by atoms with Gasteiger partial charge in [-0.3, -0.25) is 9.59 Å². The number of esters is 1. The number of carbonyl (C=O) groups excluding carboxylic acids is 2. The maximum absolute atomic E-state index is 13.3. The van der Waals surface area contributed by atoms with Crippen LogP contribution < -0.4 is 4.90 Å². The molecule has 5 heteroatoms. The molecule has 3 aliphatic rings. The van der Waals surface area contributed by atoms with Crippen molar-refractivity contribution in [3.63, 3.8) is 0 Å². The number of rotatable bonds is 3. The fraction of sp³-hybridized carbons (Fsp3) is 0.600. The normalized spacial score (nSPS) is 26.7. The molecule has 0 unspecified atom stereocenters. The van der Waals surface area contributed by atoms with Gasteiger partial charge in [0, 0.05) is 18.3 Å².